The van der Waals surface area contributed by atoms with Crippen molar-refractivity contribution in [3.8, 4) is 5.75 Å². The molecule has 0 aliphatic carbocycles. The van der Waals surface area contributed by atoms with Crippen molar-refractivity contribution in [1.82, 2.24) is 5.32 Å². The normalized spacial score (nSPS) is 11.9. The number of ether oxygens (including phenoxy) is 1. The van der Waals surface area contributed by atoms with E-state index in [1.165, 1.54) is 4.88 Å². The minimum Gasteiger partial charge on any atom is -0.484 e. The Hall–Kier alpha value is -1.85. The molecule has 1 aromatic heterocycles. The molecule has 23 heavy (non-hydrogen) atoms. The van der Waals surface area contributed by atoms with Crippen LogP contribution in [0, 0.1) is 6.92 Å². The fourth-order valence-corrected chi connectivity index (χ4v) is 3.31. The van der Waals surface area contributed by atoms with Crippen molar-refractivity contribution in [2.75, 3.05) is 19.8 Å². The monoisotopic (exact) mass is 333 g/mol. The van der Waals surface area contributed by atoms with Gasteiger partial charge in [0.05, 0.1) is 0 Å². The highest BCUT2D eigenvalue weighted by atomic mass is 32.1. The predicted octanol–water partition coefficient (Wildman–Crippen LogP) is 3.11. The minimum absolute atomic E-state index is 0.0223. The smallest absolute Gasteiger partial charge is 0.257 e. The summed E-state index contributed by atoms with van der Waals surface area (Å²) < 4.78 is 5.53. The number of aliphatic hydroxyl groups excluding tert-OH is 1. The van der Waals surface area contributed by atoms with Gasteiger partial charge in [0.1, 0.15) is 5.75 Å². The highest BCUT2D eigenvalue weighted by Gasteiger charge is 2.13. The number of benzene rings is 1. The number of thiophene rings is 1. The molecule has 0 fully saturated rings. The van der Waals surface area contributed by atoms with Crippen molar-refractivity contribution in [3.63, 3.8) is 0 Å². The first kappa shape index (κ1) is 17.5. The summed E-state index contributed by atoms with van der Waals surface area (Å²) in [5.74, 6) is 0.902. The molecule has 2 N–H and O–H groups in total. The molecule has 1 amide bonds. The fourth-order valence-electron chi connectivity index (χ4n) is 2.41. The highest BCUT2D eigenvalue weighted by molar-refractivity contribution is 7.10. The van der Waals surface area contributed by atoms with Gasteiger partial charge in [0.15, 0.2) is 6.61 Å². The molecule has 0 radical (unpaired) electrons. The molecule has 1 heterocycles. The zero-order valence-corrected chi connectivity index (χ0v) is 14.1. The van der Waals surface area contributed by atoms with Gasteiger partial charge >= 0.3 is 0 Å². The number of carbonyl (C=O) groups is 1. The molecule has 0 bridgehead atoms. The van der Waals surface area contributed by atoms with Crippen LogP contribution < -0.4 is 10.1 Å². The highest BCUT2D eigenvalue weighted by Crippen LogP contribution is 2.26. The first-order valence-corrected chi connectivity index (χ1v) is 8.68. The van der Waals surface area contributed by atoms with Crippen molar-refractivity contribution in [3.05, 3.63) is 52.2 Å². The fraction of sp³-hybridized carbons (Fsp3) is 0.389. The Balaban J connectivity index is 1.72. The summed E-state index contributed by atoms with van der Waals surface area (Å²) in [5.41, 5.74) is 1.01. The van der Waals surface area contributed by atoms with E-state index in [1.807, 2.05) is 42.6 Å². The Labute approximate surface area is 141 Å². The summed E-state index contributed by atoms with van der Waals surface area (Å²) in [7, 11) is 0. The molecule has 124 valence electrons. The molecule has 1 atom stereocenters. The second kappa shape index (κ2) is 9.33. The largest absolute Gasteiger partial charge is 0.484 e. The third-order valence-corrected chi connectivity index (χ3v) is 4.73. The number of aryl methyl sites for hydroxylation is 1. The average molecular weight is 333 g/mol. The third-order valence-electron chi connectivity index (χ3n) is 3.69. The van der Waals surface area contributed by atoms with E-state index >= 15 is 0 Å². The summed E-state index contributed by atoms with van der Waals surface area (Å²) in [4.78, 5) is 13.1. The van der Waals surface area contributed by atoms with E-state index in [0.29, 0.717) is 6.54 Å². The van der Waals surface area contributed by atoms with E-state index in [9.17, 15) is 9.90 Å². The lowest BCUT2D eigenvalue weighted by Crippen LogP contribution is -2.30. The molecule has 0 aliphatic rings. The Bertz CT molecular complexity index is 598. The summed E-state index contributed by atoms with van der Waals surface area (Å²) >= 11 is 1.69. The molecular weight excluding hydrogens is 310 g/mol. The van der Waals surface area contributed by atoms with Crippen LogP contribution in [0.15, 0.2) is 41.8 Å². The Morgan fingerprint density at radius 3 is 2.78 bits per heavy atom. The first-order chi connectivity index (χ1) is 11.2. The van der Waals surface area contributed by atoms with E-state index in [1.54, 1.807) is 11.3 Å². The van der Waals surface area contributed by atoms with Crippen LogP contribution in [0.2, 0.25) is 0 Å². The zero-order chi connectivity index (χ0) is 16.5. The third kappa shape index (κ3) is 5.69. The van der Waals surface area contributed by atoms with Crippen molar-refractivity contribution >= 4 is 17.2 Å². The lowest BCUT2D eigenvalue weighted by molar-refractivity contribution is -0.123. The van der Waals surface area contributed by atoms with Gasteiger partial charge in [-0.05, 0) is 48.8 Å². The van der Waals surface area contributed by atoms with Gasteiger partial charge in [-0.25, -0.2) is 0 Å². The van der Waals surface area contributed by atoms with E-state index in [-0.39, 0.29) is 25.0 Å². The number of rotatable bonds is 9. The van der Waals surface area contributed by atoms with Gasteiger partial charge < -0.3 is 15.2 Å². The zero-order valence-electron chi connectivity index (χ0n) is 13.3. The topological polar surface area (TPSA) is 58.6 Å². The number of amides is 1. The maximum Gasteiger partial charge on any atom is 0.257 e. The standard InChI is InChI=1S/C18H23NO3S/c1-14-5-2-3-6-16(14)22-13-18(21)19-10-8-15(9-11-20)17-7-4-12-23-17/h2-7,12,15,20H,8-11,13H2,1H3,(H,19,21). The summed E-state index contributed by atoms with van der Waals surface area (Å²) in [5, 5.41) is 14.1. The van der Waals surface area contributed by atoms with Crippen LogP contribution in [0.4, 0.5) is 0 Å². The molecule has 0 saturated carbocycles. The number of para-hydroxylation sites is 1. The Morgan fingerprint density at radius 2 is 2.09 bits per heavy atom. The van der Waals surface area contributed by atoms with Gasteiger partial charge in [0, 0.05) is 18.0 Å². The van der Waals surface area contributed by atoms with Crippen molar-refractivity contribution in [2.45, 2.75) is 25.7 Å². The number of hydrogen-bond donors (Lipinski definition) is 2. The van der Waals surface area contributed by atoms with Crippen LogP contribution in [0.3, 0.4) is 0 Å². The van der Waals surface area contributed by atoms with E-state index < -0.39 is 0 Å². The van der Waals surface area contributed by atoms with E-state index in [2.05, 4.69) is 11.4 Å². The van der Waals surface area contributed by atoms with Crippen molar-refractivity contribution < 1.29 is 14.6 Å². The Morgan fingerprint density at radius 1 is 1.26 bits per heavy atom. The van der Waals surface area contributed by atoms with Crippen molar-refractivity contribution in [2.24, 2.45) is 0 Å². The van der Waals surface area contributed by atoms with Crippen LogP contribution in [0.1, 0.15) is 29.2 Å². The molecule has 2 rings (SSSR count). The molecule has 0 saturated heterocycles. The molecular formula is C18H23NO3S. The number of carbonyl (C=O) groups excluding carboxylic acids is 1. The second-order valence-corrected chi connectivity index (χ2v) is 6.40. The van der Waals surface area contributed by atoms with Crippen LogP contribution >= 0.6 is 11.3 Å². The van der Waals surface area contributed by atoms with Crippen LogP contribution in [0.25, 0.3) is 0 Å². The molecule has 0 spiro atoms. The lowest BCUT2D eigenvalue weighted by Gasteiger charge is -2.15. The molecule has 1 unspecified atom stereocenters. The SMILES string of the molecule is Cc1ccccc1OCC(=O)NCCC(CCO)c1cccs1. The average Bonchev–Trinajstić information content (AvgIpc) is 3.07. The molecule has 1 aromatic carbocycles. The van der Waals surface area contributed by atoms with Gasteiger partial charge in [0.25, 0.3) is 5.91 Å². The molecule has 0 aliphatic heterocycles. The predicted molar refractivity (Wildman–Crippen MR) is 93.1 cm³/mol. The van der Waals surface area contributed by atoms with Crippen LogP contribution in [0.5, 0.6) is 5.75 Å². The van der Waals surface area contributed by atoms with Gasteiger partial charge in [-0.1, -0.05) is 24.3 Å². The number of nitrogens with one attached hydrogen (secondary N) is 1. The second-order valence-electron chi connectivity index (χ2n) is 5.42. The summed E-state index contributed by atoms with van der Waals surface area (Å²) in [6.45, 7) is 2.72. The molecule has 4 nitrogen and oxygen atoms in total. The maximum atomic E-state index is 11.9. The van der Waals surface area contributed by atoms with Crippen LogP contribution in [-0.4, -0.2) is 30.8 Å². The van der Waals surface area contributed by atoms with Gasteiger partial charge in [-0.3, -0.25) is 4.79 Å². The quantitative estimate of drug-likeness (QED) is 0.741. The Kier molecular flexibility index (Phi) is 7.10. The van der Waals surface area contributed by atoms with Gasteiger partial charge in [-0.15, -0.1) is 11.3 Å². The molecule has 5 heteroatoms. The lowest BCUT2D eigenvalue weighted by atomic mass is 10.00. The molecule has 2 aromatic rings. The van der Waals surface area contributed by atoms with E-state index in [0.717, 1.165) is 24.2 Å². The van der Waals surface area contributed by atoms with Gasteiger partial charge in [-0.2, -0.15) is 0 Å². The first-order valence-electron chi connectivity index (χ1n) is 7.80. The minimum atomic E-state index is -0.123. The summed E-state index contributed by atoms with van der Waals surface area (Å²) in [6.07, 6.45) is 1.53. The van der Waals surface area contributed by atoms with E-state index in [4.69, 9.17) is 4.74 Å². The number of hydrogen-bond acceptors (Lipinski definition) is 4. The van der Waals surface area contributed by atoms with Crippen LogP contribution in [-0.2, 0) is 4.79 Å². The van der Waals surface area contributed by atoms with Crippen molar-refractivity contribution in [1.29, 1.82) is 0 Å². The maximum absolute atomic E-state index is 11.9. The van der Waals surface area contributed by atoms with Gasteiger partial charge in [0.2, 0.25) is 0 Å². The number of aliphatic hydroxyl groups is 1. The summed E-state index contributed by atoms with van der Waals surface area (Å²) in [6, 6.07) is 11.7.